The molecule has 2 fully saturated rings. The molecule has 5 rings (SSSR count). The maximum atomic E-state index is 13.2. The number of rotatable bonds is 2. The van der Waals surface area contributed by atoms with Crippen LogP contribution in [0.15, 0.2) is 48.5 Å². The number of hydrogen-bond acceptors (Lipinski definition) is 3. The Morgan fingerprint density at radius 1 is 0.897 bits per heavy atom. The number of amides is 3. The molecule has 0 aromatic heterocycles. The van der Waals surface area contributed by atoms with Crippen molar-refractivity contribution in [2.45, 2.75) is 45.1 Å². The first-order valence-electron chi connectivity index (χ1n) is 10.5. The average Bonchev–Trinajstić information content (AvgIpc) is 3.21. The quantitative estimate of drug-likeness (QED) is 0.732. The molecule has 0 N–H and O–H groups in total. The molecule has 148 valence electrons. The van der Waals surface area contributed by atoms with Crippen LogP contribution in [0.3, 0.4) is 0 Å². The van der Waals surface area contributed by atoms with Crippen LogP contribution in [0.5, 0.6) is 0 Å². The van der Waals surface area contributed by atoms with E-state index in [0.717, 1.165) is 37.8 Å². The summed E-state index contributed by atoms with van der Waals surface area (Å²) in [6.45, 7) is 2.05. The summed E-state index contributed by atoms with van der Waals surface area (Å²) in [5.74, 6) is -0.553. The van der Waals surface area contributed by atoms with Gasteiger partial charge in [0.1, 0.15) is 0 Å². The Kier molecular flexibility index (Phi) is 4.26. The SMILES string of the molecule is C[C@H]1Cc2ccccc2N1C(=O)c1ccc(N2C(=O)[C@H]3CCCC[C@H]3C2=O)cc1. The second-order valence-corrected chi connectivity index (χ2v) is 8.41. The fraction of sp³-hybridized carbons (Fsp3) is 0.375. The second kappa shape index (κ2) is 6.83. The van der Waals surface area contributed by atoms with Gasteiger partial charge in [0.25, 0.3) is 5.91 Å². The molecule has 2 heterocycles. The number of para-hydroxylation sites is 1. The molecule has 0 unspecified atom stereocenters. The minimum Gasteiger partial charge on any atom is -0.305 e. The van der Waals surface area contributed by atoms with E-state index in [4.69, 9.17) is 0 Å². The molecule has 0 spiro atoms. The highest BCUT2D eigenvalue weighted by Gasteiger charge is 2.48. The molecule has 3 atom stereocenters. The largest absolute Gasteiger partial charge is 0.305 e. The predicted molar refractivity (Wildman–Crippen MR) is 111 cm³/mol. The molecule has 2 aromatic carbocycles. The van der Waals surface area contributed by atoms with Gasteiger partial charge < -0.3 is 4.90 Å². The minimum atomic E-state index is -0.167. The summed E-state index contributed by atoms with van der Waals surface area (Å²) in [5, 5.41) is 0. The zero-order chi connectivity index (χ0) is 20.1. The molecule has 5 nitrogen and oxygen atoms in total. The van der Waals surface area contributed by atoms with Crippen molar-refractivity contribution in [3.8, 4) is 0 Å². The Bertz CT molecular complexity index is 973. The first-order chi connectivity index (χ1) is 14.1. The van der Waals surface area contributed by atoms with Crippen molar-refractivity contribution in [3.05, 3.63) is 59.7 Å². The number of imide groups is 1. The van der Waals surface area contributed by atoms with Gasteiger partial charge in [-0.05, 0) is 62.1 Å². The summed E-state index contributed by atoms with van der Waals surface area (Å²) in [7, 11) is 0. The van der Waals surface area contributed by atoms with Crippen molar-refractivity contribution < 1.29 is 14.4 Å². The molecule has 5 heteroatoms. The van der Waals surface area contributed by atoms with Crippen LogP contribution in [-0.2, 0) is 16.0 Å². The third kappa shape index (κ3) is 2.79. The first kappa shape index (κ1) is 18.1. The molecular weight excluding hydrogens is 364 g/mol. The molecule has 3 amide bonds. The van der Waals surface area contributed by atoms with Crippen LogP contribution in [-0.4, -0.2) is 23.8 Å². The zero-order valence-corrected chi connectivity index (χ0v) is 16.5. The number of carbonyl (C=O) groups is 3. The van der Waals surface area contributed by atoms with Crippen molar-refractivity contribution >= 4 is 29.1 Å². The van der Waals surface area contributed by atoms with Gasteiger partial charge in [-0.3, -0.25) is 19.3 Å². The van der Waals surface area contributed by atoms with Gasteiger partial charge in [-0.15, -0.1) is 0 Å². The van der Waals surface area contributed by atoms with Crippen LogP contribution in [0.1, 0.15) is 48.5 Å². The van der Waals surface area contributed by atoms with Crippen molar-refractivity contribution in [2.24, 2.45) is 11.8 Å². The molecule has 0 radical (unpaired) electrons. The van der Waals surface area contributed by atoms with Gasteiger partial charge in [-0.1, -0.05) is 31.0 Å². The van der Waals surface area contributed by atoms with Crippen LogP contribution in [0.25, 0.3) is 0 Å². The van der Waals surface area contributed by atoms with Gasteiger partial charge in [0.05, 0.1) is 17.5 Å². The second-order valence-electron chi connectivity index (χ2n) is 8.41. The molecule has 1 saturated carbocycles. The number of hydrogen-bond donors (Lipinski definition) is 0. The first-order valence-corrected chi connectivity index (χ1v) is 10.5. The molecule has 1 aliphatic carbocycles. The van der Waals surface area contributed by atoms with Crippen LogP contribution in [0.2, 0.25) is 0 Å². The number of benzene rings is 2. The van der Waals surface area contributed by atoms with Gasteiger partial charge in [-0.25, -0.2) is 0 Å². The Balaban J connectivity index is 1.40. The maximum Gasteiger partial charge on any atom is 0.258 e. The smallest absolute Gasteiger partial charge is 0.258 e. The molecule has 2 aliphatic heterocycles. The fourth-order valence-electron chi connectivity index (χ4n) is 5.18. The van der Waals surface area contributed by atoms with E-state index in [1.807, 2.05) is 23.1 Å². The van der Waals surface area contributed by atoms with Crippen LogP contribution in [0.4, 0.5) is 11.4 Å². The number of anilines is 2. The lowest BCUT2D eigenvalue weighted by molar-refractivity contribution is -0.122. The molecule has 29 heavy (non-hydrogen) atoms. The molecule has 0 bridgehead atoms. The van der Waals surface area contributed by atoms with E-state index in [0.29, 0.717) is 11.3 Å². The van der Waals surface area contributed by atoms with E-state index in [2.05, 4.69) is 13.0 Å². The van der Waals surface area contributed by atoms with E-state index in [1.165, 1.54) is 10.5 Å². The summed E-state index contributed by atoms with van der Waals surface area (Å²) >= 11 is 0. The van der Waals surface area contributed by atoms with Crippen LogP contribution in [0, 0.1) is 11.8 Å². The topological polar surface area (TPSA) is 57.7 Å². The Hall–Kier alpha value is -2.95. The van der Waals surface area contributed by atoms with E-state index >= 15 is 0 Å². The summed E-state index contributed by atoms with van der Waals surface area (Å²) in [6.07, 6.45) is 4.47. The van der Waals surface area contributed by atoms with Crippen molar-refractivity contribution in [1.82, 2.24) is 0 Å². The highest BCUT2D eigenvalue weighted by atomic mass is 16.2. The number of fused-ring (bicyclic) bond motifs is 2. The van der Waals surface area contributed by atoms with Gasteiger partial charge in [0.15, 0.2) is 0 Å². The third-order valence-electron chi connectivity index (χ3n) is 6.64. The molecular formula is C24H24N2O3. The van der Waals surface area contributed by atoms with Gasteiger partial charge in [-0.2, -0.15) is 0 Å². The fourth-order valence-corrected chi connectivity index (χ4v) is 5.18. The standard InChI is InChI=1S/C24H24N2O3/c1-15-14-17-6-2-5-9-21(17)25(15)22(27)16-10-12-18(13-11-16)26-23(28)19-7-3-4-8-20(19)24(26)29/h2,5-6,9-13,15,19-20H,3-4,7-8,14H2,1H3/t15-,19-,20+/m0/s1. The molecule has 1 saturated heterocycles. The van der Waals surface area contributed by atoms with Crippen molar-refractivity contribution in [1.29, 1.82) is 0 Å². The van der Waals surface area contributed by atoms with Crippen LogP contribution < -0.4 is 9.80 Å². The number of nitrogens with zero attached hydrogens (tertiary/aromatic N) is 2. The van der Waals surface area contributed by atoms with E-state index in [9.17, 15) is 14.4 Å². The summed E-state index contributed by atoms with van der Waals surface area (Å²) in [4.78, 5) is 41.9. The van der Waals surface area contributed by atoms with E-state index in [-0.39, 0.29) is 35.6 Å². The summed E-state index contributed by atoms with van der Waals surface area (Å²) in [5.41, 5.74) is 3.28. The van der Waals surface area contributed by atoms with Crippen molar-refractivity contribution in [3.63, 3.8) is 0 Å². The highest BCUT2D eigenvalue weighted by molar-refractivity contribution is 6.22. The molecule has 2 aromatic rings. The monoisotopic (exact) mass is 388 g/mol. The Morgan fingerprint density at radius 2 is 1.52 bits per heavy atom. The minimum absolute atomic E-state index is 0.0539. The summed E-state index contributed by atoms with van der Waals surface area (Å²) in [6, 6.07) is 15.0. The number of carbonyl (C=O) groups excluding carboxylic acids is 3. The van der Waals surface area contributed by atoms with Gasteiger partial charge in [0.2, 0.25) is 11.8 Å². The third-order valence-corrected chi connectivity index (χ3v) is 6.64. The zero-order valence-electron chi connectivity index (χ0n) is 16.5. The van der Waals surface area contributed by atoms with E-state index < -0.39 is 0 Å². The molecule has 3 aliphatic rings. The maximum absolute atomic E-state index is 13.2. The predicted octanol–water partition coefficient (Wildman–Crippen LogP) is 3.96. The lowest BCUT2D eigenvalue weighted by Crippen LogP contribution is -2.35. The lowest BCUT2D eigenvalue weighted by atomic mass is 9.81. The lowest BCUT2D eigenvalue weighted by Gasteiger charge is -2.23. The van der Waals surface area contributed by atoms with Gasteiger partial charge >= 0.3 is 0 Å². The average molecular weight is 388 g/mol. The van der Waals surface area contributed by atoms with Crippen LogP contribution >= 0.6 is 0 Å². The van der Waals surface area contributed by atoms with E-state index in [1.54, 1.807) is 24.3 Å². The van der Waals surface area contributed by atoms with Crippen molar-refractivity contribution in [2.75, 3.05) is 9.80 Å². The normalized spacial score (nSPS) is 25.9. The Labute approximate surface area is 170 Å². The highest BCUT2D eigenvalue weighted by Crippen LogP contribution is 2.40. The summed E-state index contributed by atoms with van der Waals surface area (Å²) < 4.78 is 0. The van der Waals surface area contributed by atoms with Gasteiger partial charge in [0, 0.05) is 17.3 Å². The Morgan fingerprint density at radius 3 is 2.17 bits per heavy atom.